The number of amides is 4. The van der Waals surface area contributed by atoms with Crippen LogP contribution in [-0.4, -0.2) is 54.8 Å². The molecule has 3 fully saturated rings. The van der Waals surface area contributed by atoms with Gasteiger partial charge in [0, 0.05) is 36.8 Å². The van der Waals surface area contributed by atoms with E-state index in [9.17, 15) is 41.5 Å². The van der Waals surface area contributed by atoms with Crippen LogP contribution in [0.15, 0.2) is 6.07 Å². The summed E-state index contributed by atoms with van der Waals surface area (Å²) in [4.78, 5) is 64.3. The minimum atomic E-state index is -1.87. The number of hydrogen-bond acceptors (Lipinski definition) is 6. The van der Waals surface area contributed by atoms with Crippen LogP contribution in [0.4, 0.5) is 17.6 Å². The summed E-state index contributed by atoms with van der Waals surface area (Å²) in [6.07, 6.45) is 15.3. The number of benzene rings is 1. The molecular weight excluding hydrogens is 624 g/mol. The Bertz CT molecular complexity index is 1430. The molecule has 0 heterocycles. The number of ether oxygens (including phenoxy) is 1. The zero-order valence-electron chi connectivity index (χ0n) is 25.4. The maximum absolute atomic E-state index is 14.2. The van der Waals surface area contributed by atoms with Gasteiger partial charge in [0.25, 0.3) is 0 Å². The third kappa shape index (κ3) is 9.04. The fourth-order valence-corrected chi connectivity index (χ4v) is 6.07. The van der Waals surface area contributed by atoms with Crippen molar-refractivity contribution in [2.24, 2.45) is 17.3 Å². The number of carbonyl (C=O) groups excluding carboxylic acids is 5. The van der Waals surface area contributed by atoms with Crippen LogP contribution in [0.1, 0.15) is 57.8 Å². The minimum Gasteiger partial charge on any atom is -0.420 e. The Hall–Kier alpha value is -5.03. The van der Waals surface area contributed by atoms with Crippen molar-refractivity contribution >= 4 is 29.6 Å². The van der Waals surface area contributed by atoms with Crippen LogP contribution in [0.2, 0.25) is 0 Å². The van der Waals surface area contributed by atoms with Gasteiger partial charge in [0.15, 0.2) is 11.6 Å². The first-order valence-electron chi connectivity index (χ1n) is 14.8. The van der Waals surface area contributed by atoms with Gasteiger partial charge in [0.1, 0.15) is 0 Å². The van der Waals surface area contributed by atoms with Gasteiger partial charge in [0.05, 0.1) is 25.0 Å². The van der Waals surface area contributed by atoms with Crippen molar-refractivity contribution in [3.63, 3.8) is 0 Å². The van der Waals surface area contributed by atoms with Crippen molar-refractivity contribution < 1.29 is 46.3 Å². The van der Waals surface area contributed by atoms with Crippen molar-refractivity contribution in [2.75, 3.05) is 19.6 Å². The molecule has 3 aliphatic rings. The Labute approximate surface area is 269 Å². The number of hydrogen-bond donors (Lipinski definition) is 4. The summed E-state index contributed by atoms with van der Waals surface area (Å²) < 4.78 is 60.5. The zero-order chi connectivity index (χ0) is 34.8. The molecule has 250 valence electrons. The first kappa shape index (κ1) is 36.4. The number of carbonyl (C=O) groups is 5. The molecule has 0 radical (unpaired) electrons. The molecule has 4 N–H and O–H groups in total. The lowest BCUT2D eigenvalue weighted by atomic mass is 9.69. The molecule has 0 unspecified atom stereocenters. The number of esters is 1. The van der Waals surface area contributed by atoms with Crippen LogP contribution < -0.4 is 26.0 Å². The molecule has 0 aliphatic heterocycles. The standard InChI is InChI=1S/C33H34F4N4O6/c1-4-13-38-24(42)7-10-33(11-8-25(43)39-14-5-2,12-9-26(44)40-15-6-3)41-30(45)21-19-32(17-20(21)18-32)31(46)47-29-27(36)22(34)16-23(35)28(29)37/h1-3,16,20-21H,7-15,17-19H2,(H,38,42)(H,39,43)(H,40,44)(H,41,45)/t20?,21-,32?/m1/s1. The highest BCUT2D eigenvalue weighted by Crippen LogP contribution is 2.62. The predicted molar refractivity (Wildman–Crippen MR) is 159 cm³/mol. The van der Waals surface area contributed by atoms with Gasteiger partial charge in [-0.25, -0.2) is 8.78 Å². The third-order valence-electron chi connectivity index (χ3n) is 8.56. The highest BCUT2D eigenvalue weighted by atomic mass is 19.2. The van der Waals surface area contributed by atoms with Gasteiger partial charge in [-0.15, -0.1) is 19.3 Å². The summed E-state index contributed by atoms with van der Waals surface area (Å²) >= 11 is 0. The van der Waals surface area contributed by atoms with E-state index in [1.165, 1.54) is 0 Å². The number of halogens is 4. The van der Waals surface area contributed by atoms with Gasteiger partial charge in [-0.3, -0.25) is 24.0 Å². The molecule has 0 saturated heterocycles. The second-order valence-electron chi connectivity index (χ2n) is 11.7. The molecule has 1 aromatic carbocycles. The smallest absolute Gasteiger partial charge is 0.317 e. The van der Waals surface area contributed by atoms with Crippen molar-refractivity contribution in [1.82, 2.24) is 21.3 Å². The van der Waals surface area contributed by atoms with Crippen molar-refractivity contribution in [3.8, 4) is 42.8 Å². The van der Waals surface area contributed by atoms with E-state index in [0.717, 1.165) is 0 Å². The Balaban J connectivity index is 1.82. The topological polar surface area (TPSA) is 143 Å². The minimum absolute atomic E-state index is 0.00571. The Morgan fingerprint density at radius 1 is 0.766 bits per heavy atom. The summed E-state index contributed by atoms with van der Waals surface area (Å²) in [5.41, 5.74) is -2.62. The van der Waals surface area contributed by atoms with Gasteiger partial charge in [0.2, 0.25) is 41.0 Å². The molecule has 4 rings (SSSR count). The van der Waals surface area contributed by atoms with Gasteiger partial charge in [-0.05, 0) is 44.4 Å². The molecule has 3 saturated carbocycles. The largest absolute Gasteiger partial charge is 0.420 e. The monoisotopic (exact) mass is 658 g/mol. The van der Waals surface area contributed by atoms with Crippen molar-refractivity contribution in [2.45, 2.75) is 63.3 Å². The van der Waals surface area contributed by atoms with Crippen LogP contribution >= 0.6 is 0 Å². The first-order chi connectivity index (χ1) is 22.3. The van der Waals surface area contributed by atoms with Crippen LogP contribution in [-0.2, 0) is 24.0 Å². The highest BCUT2D eigenvalue weighted by molar-refractivity contribution is 5.87. The maximum Gasteiger partial charge on any atom is 0.317 e. The van der Waals surface area contributed by atoms with E-state index in [2.05, 4.69) is 39.0 Å². The lowest BCUT2D eigenvalue weighted by molar-refractivity contribution is -0.150. The Kier molecular flexibility index (Phi) is 12.4. The van der Waals surface area contributed by atoms with E-state index < -0.39 is 75.5 Å². The van der Waals surface area contributed by atoms with Crippen molar-refractivity contribution in [1.29, 1.82) is 0 Å². The van der Waals surface area contributed by atoms with Crippen LogP contribution in [0.25, 0.3) is 0 Å². The average Bonchev–Trinajstić information content (AvgIpc) is 3.62. The number of nitrogens with one attached hydrogen (secondary N) is 4. The van der Waals surface area contributed by atoms with Gasteiger partial charge >= 0.3 is 5.97 Å². The number of terminal acetylenes is 3. The van der Waals surface area contributed by atoms with Crippen molar-refractivity contribution in [3.05, 3.63) is 29.3 Å². The first-order valence-corrected chi connectivity index (χ1v) is 14.8. The summed E-state index contributed by atoms with van der Waals surface area (Å²) in [6, 6.07) is -0.0158. The Morgan fingerprint density at radius 3 is 1.60 bits per heavy atom. The SMILES string of the molecule is C#CCNC(=O)CCC(CCC(=O)NCC#C)(CCC(=O)NCC#C)NC(=O)[C@@H]1CC2(C(=O)Oc3c(F)c(F)cc(F)c3F)CC1C2. The van der Waals surface area contributed by atoms with Crippen LogP contribution in [0.5, 0.6) is 5.75 Å². The van der Waals surface area contributed by atoms with E-state index >= 15 is 0 Å². The molecule has 14 heteroatoms. The van der Waals surface area contributed by atoms with E-state index in [4.69, 9.17) is 24.0 Å². The van der Waals surface area contributed by atoms with Gasteiger partial charge < -0.3 is 26.0 Å². The molecule has 4 amide bonds. The number of fused-ring (bicyclic) bond motifs is 1. The molecule has 0 spiro atoms. The maximum atomic E-state index is 14.2. The quantitative estimate of drug-likeness (QED) is 0.0704. The fourth-order valence-electron chi connectivity index (χ4n) is 6.07. The fraction of sp³-hybridized carbons (Fsp3) is 0.485. The lowest BCUT2D eigenvalue weighted by Gasteiger charge is -2.37. The number of rotatable bonds is 16. The second kappa shape index (κ2) is 16.0. The zero-order valence-corrected chi connectivity index (χ0v) is 25.4. The van der Waals surface area contributed by atoms with Gasteiger partial charge in [-0.2, -0.15) is 8.78 Å². The van der Waals surface area contributed by atoms with Crippen LogP contribution in [0, 0.1) is 77.6 Å². The van der Waals surface area contributed by atoms with E-state index in [1.54, 1.807) is 0 Å². The predicted octanol–water partition coefficient (Wildman–Crippen LogP) is 2.01. The highest BCUT2D eigenvalue weighted by Gasteiger charge is 2.63. The molecule has 1 aromatic rings. The van der Waals surface area contributed by atoms with E-state index in [-0.39, 0.29) is 89.4 Å². The third-order valence-corrected chi connectivity index (χ3v) is 8.56. The summed E-state index contributed by atoms with van der Waals surface area (Å²) in [5, 5.41) is 10.5. The second-order valence-corrected chi connectivity index (χ2v) is 11.7. The van der Waals surface area contributed by atoms with Crippen LogP contribution in [0.3, 0.4) is 0 Å². The van der Waals surface area contributed by atoms with E-state index in [1.807, 2.05) is 0 Å². The molecule has 3 aliphatic carbocycles. The Morgan fingerprint density at radius 2 is 1.19 bits per heavy atom. The lowest BCUT2D eigenvalue weighted by Crippen LogP contribution is -2.52. The van der Waals surface area contributed by atoms with Gasteiger partial charge in [-0.1, -0.05) is 17.8 Å². The molecule has 2 bridgehead atoms. The molecular formula is C33H34F4N4O6. The molecule has 47 heavy (non-hydrogen) atoms. The normalized spacial score (nSPS) is 19.2. The molecule has 0 aromatic heterocycles. The van der Waals surface area contributed by atoms with E-state index in [0.29, 0.717) is 0 Å². The summed E-state index contributed by atoms with van der Waals surface area (Å²) in [5.74, 6) is -6.06. The molecule has 1 atom stereocenters. The average molecular weight is 659 g/mol. The summed E-state index contributed by atoms with van der Waals surface area (Å²) in [6.45, 7) is -0.127. The molecule has 10 nitrogen and oxygen atoms in total. The summed E-state index contributed by atoms with van der Waals surface area (Å²) in [7, 11) is 0.